The van der Waals surface area contributed by atoms with E-state index in [1.54, 1.807) is 7.11 Å². The molecule has 0 radical (unpaired) electrons. The van der Waals surface area contributed by atoms with Crippen LogP contribution in [0.3, 0.4) is 0 Å². The summed E-state index contributed by atoms with van der Waals surface area (Å²) in [5.74, 6) is 1.26. The van der Waals surface area contributed by atoms with Crippen molar-refractivity contribution in [3.05, 3.63) is 28.2 Å². The first-order valence-electron chi connectivity index (χ1n) is 9.60. The van der Waals surface area contributed by atoms with Crippen LogP contribution in [0.25, 0.3) is 0 Å². The minimum atomic E-state index is -0.0648. The van der Waals surface area contributed by atoms with Crippen LogP contribution in [-0.4, -0.2) is 39.0 Å². The molecule has 0 saturated carbocycles. The second-order valence-corrected chi connectivity index (χ2v) is 8.37. The van der Waals surface area contributed by atoms with Crippen molar-refractivity contribution in [1.29, 1.82) is 0 Å². The average Bonchev–Trinajstić information content (AvgIpc) is 3.03. The molecule has 1 aliphatic heterocycles. The monoisotopic (exact) mass is 442 g/mol. The molecule has 0 bridgehead atoms. The van der Waals surface area contributed by atoms with E-state index in [9.17, 15) is 4.79 Å². The van der Waals surface area contributed by atoms with Crippen molar-refractivity contribution in [1.82, 2.24) is 0 Å². The molecule has 3 unspecified atom stereocenters. The lowest BCUT2D eigenvalue weighted by Crippen LogP contribution is -2.22. The molecule has 1 saturated heterocycles. The molecule has 2 rings (SSSR count). The molecule has 6 heteroatoms. The Bertz CT molecular complexity index is 604. The zero-order chi connectivity index (χ0) is 19.8. The fourth-order valence-electron chi connectivity index (χ4n) is 3.13. The van der Waals surface area contributed by atoms with E-state index in [1.807, 2.05) is 18.2 Å². The Morgan fingerprint density at radius 3 is 2.70 bits per heavy atom. The van der Waals surface area contributed by atoms with E-state index < -0.39 is 0 Å². The van der Waals surface area contributed by atoms with Crippen LogP contribution in [0.1, 0.15) is 39.2 Å². The van der Waals surface area contributed by atoms with Crippen LogP contribution >= 0.6 is 15.9 Å². The van der Waals surface area contributed by atoms with Crippen molar-refractivity contribution in [3.8, 4) is 5.75 Å². The number of carbonyl (C=O) groups is 1. The largest absolute Gasteiger partial charge is 0.492 e. The average molecular weight is 443 g/mol. The fourth-order valence-corrected chi connectivity index (χ4v) is 3.49. The van der Waals surface area contributed by atoms with Gasteiger partial charge in [-0.2, -0.15) is 0 Å². The number of ether oxygens (including phenoxy) is 4. The first-order chi connectivity index (χ1) is 12.9. The molecule has 0 N–H and O–H groups in total. The van der Waals surface area contributed by atoms with E-state index >= 15 is 0 Å². The van der Waals surface area contributed by atoms with Crippen molar-refractivity contribution in [2.24, 2.45) is 17.8 Å². The number of carbonyl (C=O) groups excluding carboxylic acids is 1. The third kappa shape index (κ3) is 6.77. The van der Waals surface area contributed by atoms with E-state index in [-0.39, 0.29) is 23.9 Å². The van der Waals surface area contributed by atoms with Gasteiger partial charge in [-0.25, -0.2) is 0 Å². The molecule has 3 atom stereocenters. The van der Waals surface area contributed by atoms with Gasteiger partial charge in [0.05, 0.1) is 30.2 Å². The topological polar surface area (TPSA) is 54.0 Å². The lowest BCUT2D eigenvalue weighted by molar-refractivity contribution is -0.147. The number of halogens is 1. The van der Waals surface area contributed by atoms with Crippen molar-refractivity contribution in [3.63, 3.8) is 0 Å². The third-order valence-corrected chi connectivity index (χ3v) is 5.55. The highest BCUT2D eigenvalue weighted by atomic mass is 79.9. The molecular weight excluding hydrogens is 412 g/mol. The lowest BCUT2D eigenvalue weighted by atomic mass is 9.90. The van der Waals surface area contributed by atoms with Gasteiger partial charge >= 0.3 is 5.97 Å². The van der Waals surface area contributed by atoms with Gasteiger partial charge in [0.15, 0.2) is 0 Å². The Kier molecular flexibility index (Phi) is 9.06. The highest BCUT2D eigenvalue weighted by Gasteiger charge is 2.38. The summed E-state index contributed by atoms with van der Waals surface area (Å²) in [6.45, 7) is 8.56. The normalized spacial score (nSPS) is 20.7. The summed E-state index contributed by atoms with van der Waals surface area (Å²) in [7, 11) is 1.68. The van der Waals surface area contributed by atoms with Crippen LogP contribution in [0.15, 0.2) is 22.7 Å². The van der Waals surface area contributed by atoms with Crippen LogP contribution < -0.4 is 4.74 Å². The molecule has 0 aliphatic carbocycles. The van der Waals surface area contributed by atoms with Crippen molar-refractivity contribution >= 4 is 21.9 Å². The van der Waals surface area contributed by atoms with Gasteiger partial charge in [-0.3, -0.25) is 4.79 Å². The van der Waals surface area contributed by atoms with Crippen LogP contribution in [0.2, 0.25) is 0 Å². The second-order valence-electron chi connectivity index (χ2n) is 7.51. The third-order valence-electron chi connectivity index (χ3n) is 4.89. The van der Waals surface area contributed by atoms with Crippen LogP contribution in [0, 0.1) is 17.8 Å². The fraction of sp³-hybridized carbons (Fsp3) is 0.667. The minimum Gasteiger partial charge on any atom is -0.492 e. The first-order valence-corrected chi connectivity index (χ1v) is 10.4. The summed E-state index contributed by atoms with van der Waals surface area (Å²) in [5, 5.41) is 0. The molecule has 0 spiro atoms. The zero-order valence-electron chi connectivity index (χ0n) is 16.7. The van der Waals surface area contributed by atoms with Gasteiger partial charge in [-0.1, -0.05) is 26.8 Å². The van der Waals surface area contributed by atoms with E-state index in [0.717, 1.165) is 28.6 Å². The number of hydrogen-bond acceptors (Lipinski definition) is 5. The molecule has 1 heterocycles. The van der Waals surface area contributed by atoms with Crippen molar-refractivity contribution < 1.29 is 23.7 Å². The minimum absolute atomic E-state index is 0.0155. The number of cyclic esters (lactones) is 1. The van der Waals surface area contributed by atoms with Gasteiger partial charge in [0.1, 0.15) is 11.9 Å². The molecule has 27 heavy (non-hydrogen) atoms. The highest BCUT2D eigenvalue weighted by Crippen LogP contribution is 2.31. The van der Waals surface area contributed by atoms with E-state index in [0.29, 0.717) is 32.3 Å². The summed E-state index contributed by atoms with van der Waals surface area (Å²) in [4.78, 5) is 11.9. The van der Waals surface area contributed by atoms with E-state index in [4.69, 9.17) is 18.9 Å². The zero-order valence-corrected chi connectivity index (χ0v) is 18.3. The maximum absolute atomic E-state index is 11.9. The van der Waals surface area contributed by atoms with Crippen molar-refractivity contribution in [2.75, 3.05) is 26.9 Å². The van der Waals surface area contributed by atoms with Gasteiger partial charge in [0.2, 0.25) is 0 Å². The molecule has 1 aliphatic rings. The molecule has 152 valence electrons. The highest BCUT2D eigenvalue weighted by molar-refractivity contribution is 9.10. The number of benzene rings is 1. The van der Waals surface area contributed by atoms with Crippen LogP contribution in [-0.2, 0) is 25.6 Å². The Morgan fingerprint density at radius 1 is 1.26 bits per heavy atom. The SMILES string of the molecule is COCCCOc1cc(COCC(C)C2CC(C(C)C)C(=O)O2)ccc1Br. The summed E-state index contributed by atoms with van der Waals surface area (Å²) < 4.78 is 23.2. The van der Waals surface area contributed by atoms with E-state index in [2.05, 4.69) is 36.7 Å². The smallest absolute Gasteiger partial charge is 0.309 e. The summed E-state index contributed by atoms with van der Waals surface area (Å²) in [5.41, 5.74) is 1.05. The lowest BCUT2D eigenvalue weighted by Gasteiger charge is -2.18. The molecule has 0 aromatic heterocycles. The summed E-state index contributed by atoms with van der Waals surface area (Å²) in [6.07, 6.45) is 1.59. The standard InChI is InChI=1S/C21H31BrO5/c1-14(2)17-11-19(27-21(17)23)15(3)12-25-13-16-6-7-18(22)20(10-16)26-9-5-8-24-4/h6-7,10,14-15,17,19H,5,8-9,11-13H2,1-4H3. The Hall–Kier alpha value is -1.11. The Morgan fingerprint density at radius 2 is 2.04 bits per heavy atom. The van der Waals surface area contributed by atoms with Gasteiger partial charge in [0, 0.05) is 26.1 Å². The maximum Gasteiger partial charge on any atom is 0.309 e. The number of esters is 1. The van der Waals surface area contributed by atoms with Crippen LogP contribution in [0.4, 0.5) is 0 Å². The molecule has 0 amide bonds. The molecule has 5 nitrogen and oxygen atoms in total. The van der Waals surface area contributed by atoms with Crippen molar-refractivity contribution in [2.45, 2.75) is 46.3 Å². The molecule has 1 aromatic rings. The van der Waals surface area contributed by atoms with Gasteiger partial charge in [-0.05, 0) is 46.0 Å². The van der Waals surface area contributed by atoms with Gasteiger partial charge in [-0.15, -0.1) is 0 Å². The number of hydrogen-bond donors (Lipinski definition) is 0. The predicted octanol–water partition coefficient (Wildman–Crippen LogP) is 4.60. The Labute approximate surface area is 170 Å². The number of rotatable bonds is 11. The summed E-state index contributed by atoms with van der Waals surface area (Å²) >= 11 is 3.51. The van der Waals surface area contributed by atoms with Crippen LogP contribution in [0.5, 0.6) is 5.75 Å². The first kappa shape index (κ1) is 22.2. The number of methoxy groups -OCH3 is 1. The summed E-state index contributed by atoms with van der Waals surface area (Å²) in [6, 6.07) is 5.98. The quantitative estimate of drug-likeness (QED) is 0.370. The second kappa shape index (κ2) is 11.0. The maximum atomic E-state index is 11.9. The Balaban J connectivity index is 1.78. The molecular formula is C21H31BrO5. The molecule has 1 aromatic carbocycles. The predicted molar refractivity (Wildman–Crippen MR) is 108 cm³/mol. The molecule has 1 fully saturated rings. The van der Waals surface area contributed by atoms with E-state index in [1.165, 1.54) is 0 Å². The van der Waals surface area contributed by atoms with Gasteiger partial charge < -0.3 is 18.9 Å². The van der Waals surface area contributed by atoms with Gasteiger partial charge in [0.25, 0.3) is 0 Å².